The molecule has 3 aliphatic rings. The lowest BCUT2D eigenvalue weighted by Gasteiger charge is -2.53. The van der Waals surface area contributed by atoms with E-state index in [0.29, 0.717) is 19.4 Å². The van der Waals surface area contributed by atoms with E-state index in [0.717, 1.165) is 0 Å². The molecule has 12 heavy (non-hydrogen) atoms. The second kappa shape index (κ2) is 1.99. The van der Waals surface area contributed by atoms with Gasteiger partial charge in [-0.3, -0.25) is 4.79 Å². The molecule has 0 amide bonds. The maximum absolute atomic E-state index is 10.8. The minimum Gasteiger partial charge on any atom is -0.481 e. The van der Waals surface area contributed by atoms with Crippen LogP contribution in [0.5, 0.6) is 0 Å². The van der Waals surface area contributed by atoms with Gasteiger partial charge >= 0.3 is 5.97 Å². The maximum Gasteiger partial charge on any atom is 0.312 e. The Labute approximate surface area is 69.7 Å². The van der Waals surface area contributed by atoms with Crippen molar-refractivity contribution >= 4 is 5.97 Å². The molecule has 2 bridgehead atoms. The van der Waals surface area contributed by atoms with Crippen LogP contribution < -0.4 is 0 Å². The molecule has 4 nitrogen and oxygen atoms in total. The van der Waals surface area contributed by atoms with Crippen molar-refractivity contribution in [2.75, 3.05) is 13.2 Å². The van der Waals surface area contributed by atoms with E-state index in [9.17, 15) is 4.79 Å². The molecular weight excluding hydrogens is 158 g/mol. The Morgan fingerprint density at radius 3 is 2.67 bits per heavy atom. The molecule has 1 aliphatic carbocycles. The Morgan fingerprint density at radius 1 is 1.50 bits per heavy atom. The highest BCUT2D eigenvalue weighted by Gasteiger charge is 2.63. The fourth-order valence-electron chi connectivity index (χ4n) is 2.21. The first-order valence-electron chi connectivity index (χ1n) is 3.85. The van der Waals surface area contributed by atoms with Crippen molar-refractivity contribution in [1.82, 2.24) is 0 Å². The molecular formula is C8H9NO3. The van der Waals surface area contributed by atoms with Crippen LogP contribution in [0.15, 0.2) is 0 Å². The lowest BCUT2D eigenvalue weighted by Crippen LogP contribution is -2.59. The summed E-state index contributed by atoms with van der Waals surface area (Å²) in [5.74, 6) is -0.826. The van der Waals surface area contributed by atoms with Crippen molar-refractivity contribution < 1.29 is 14.6 Å². The van der Waals surface area contributed by atoms with E-state index in [-0.39, 0.29) is 6.61 Å². The molecule has 3 fully saturated rings. The highest BCUT2D eigenvalue weighted by molar-refractivity contribution is 5.77. The molecule has 0 aromatic heterocycles. The Hall–Kier alpha value is -1.08. The van der Waals surface area contributed by atoms with Crippen molar-refractivity contribution in [2.24, 2.45) is 10.8 Å². The fourth-order valence-corrected chi connectivity index (χ4v) is 2.21. The molecule has 4 heteroatoms. The third kappa shape index (κ3) is 0.718. The zero-order valence-electron chi connectivity index (χ0n) is 6.54. The predicted molar refractivity (Wildman–Crippen MR) is 38.2 cm³/mol. The molecule has 0 aromatic carbocycles. The first-order chi connectivity index (χ1) is 5.63. The van der Waals surface area contributed by atoms with Crippen LogP contribution in [0.25, 0.3) is 0 Å². The lowest BCUT2D eigenvalue weighted by atomic mass is 9.52. The normalized spacial score (nSPS) is 44.2. The number of nitrogens with zero attached hydrogens (tertiary/aromatic N) is 1. The van der Waals surface area contributed by atoms with Gasteiger partial charge in [0.05, 0.1) is 30.1 Å². The molecule has 0 aromatic rings. The number of fused-ring (bicyclic) bond motifs is 2. The average Bonchev–Trinajstić information content (AvgIpc) is 2.03. The standard InChI is InChI=1S/C8H9NO3/c9-3-7-1-8(2-7,6(10)11)5-12-4-7/h1-2,4-5H2,(H,10,11). The zero-order chi connectivity index (χ0) is 8.82. The van der Waals surface area contributed by atoms with Gasteiger partial charge in [-0.25, -0.2) is 0 Å². The summed E-state index contributed by atoms with van der Waals surface area (Å²) < 4.78 is 5.09. The quantitative estimate of drug-likeness (QED) is 0.613. The Morgan fingerprint density at radius 2 is 2.17 bits per heavy atom. The first kappa shape index (κ1) is 7.56. The van der Waals surface area contributed by atoms with E-state index >= 15 is 0 Å². The number of ether oxygens (including phenoxy) is 1. The number of carboxylic acid groups (broad SMARTS) is 1. The SMILES string of the molecule is N#CC12COCC(C(=O)O)(C1)C2. The predicted octanol–water partition coefficient (Wildman–Crippen LogP) is 0.391. The summed E-state index contributed by atoms with van der Waals surface area (Å²) in [4.78, 5) is 10.8. The van der Waals surface area contributed by atoms with Crippen LogP contribution in [0.2, 0.25) is 0 Å². The van der Waals surface area contributed by atoms with Gasteiger partial charge in [-0.15, -0.1) is 0 Å². The topological polar surface area (TPSA) is 70.3 Å². The van der Waals surface area contributed by atoms with E-state index in [4.69, 9.17) is 15.1 Å². The Kier molecular flexibility index (Phi) is 1.25. The molecule has 0 radical (unpaired) electrons. The molecule has 1 saturated carbocycles. The Bertz CT molecular complexity index is 273. The second-order valence-corrected chi connectivity index (χ2v) is 3.82. The molecule has 2 heterocycles. The molecule has 1 N–H and O–H groups in total. The largest absolute Gasteiger partial charge is 0.481 e. The number of rotatable bonds is 1. The van der Waals surface area contributed by atoms with Crippen LogP contribution in [0.3, 0.4) is 0 Å². The summed E-state index contributed by atoms with van der Waals surface area (Å²) in [5.41, 5.74) is -1.23. The van der Waals surface area contributed by atoms with Gasteiger partial charge in [0, 0.05) is 0 Å². The summed E-state index contributed by atoms with van der Waals surface area (Å²) in [6.07, 6.45) is 0.928. The zero-order valence-corrected chi connectivity index (χ0v) is 6.54. The minimum atomic E-state index is -0.826. The van der Waals surface area contributed by atoms with Crippen LogP contribution in [0.4, 0.5) is 0 Å². The smallest absolute Gasteiger partial charge is 0.312 e. The number of nitriles is 1. The van der Waals surface area contributed by atoms with Gasteiger partial charge in [0.2, 0.25) is 0 Å². The third-order valence-electron chi connectivity index (χ3n) is 2.80. The van der Waals surface area contributed by atoms with Crippen LogP contribution in [0.1, 0.15) is 12.8 Å². The summed E-state index contributed by atoms with van der Waals surface area (Å²) >= 11 is 0. The number of hydrogen-bond donors (Lipinski definition) is 1. The lowest BCUT2D eigenvalue weighted by molar-refractivity contribution is -0.198. The molecule has 0 unspecified atom stereocenters. The van der Waals surface area contributed by atoms with Gasteiger partial charge in [0.15, 0.2) is 0 Å². The van der Waals surface area contributed by atoms with Gasteiger partial charge in [-0.2, -0.15) is 5.26 Å². The third-order valence-corrected chi connectivity index (χ3v) is 2.80. The average molecular weight is 167 g/mol. The number of carboxylic acids is 1. The van der Waals surface area contributed by atoms with Gasteiger partial charge < -0.3 is 9.84 Å². The van der Waals surface area contributed by atoms with Gasteiger partial charge in [-0.1, -0.05) is 0 Å². The van der Waals surface area contributed by atoms with E-state index in [1.165, 1.54) is 0 Å². The maximum atomic E-state index is 10.8. The van der Waals surface area contributed by atoms with E-state index in [2.05, 4.69) is 6.07 Å². The summed E-state index contributed by atoms with van der Waals surface area (Å²) in [5, 5.41) is 17.6. The monoisotopic (exact) mass is 167 g/mol. The molecule has 0 spiro atoms. The molecule has 2 aliphatic heterocycles. The van der Waals surface area contributed by atoms with Gasteiger partial charge in [-0.05, 0) is 12.8 Å². The number of hydrogen-bond acceptors (Lipinski definition) is 3. The van der Waals surface area contributed by atoms with E-state index in [1.54, 1.807) is 0 Å². The number of carbonyl (C=O) groups is 1. The van der Waals surface area contributed by atoms with Crippen molar-refractivity contribution in [3.05, 3.63) is 0 Å². The number of aliphatic carboxylic acids is 1. The van der Waals surface area contributed by atoms with Crippen LogP contribution in [-0.4, -0.2) is 24.3 Å². The fraction of sp³-hybridized carbons (Fsp3) is 0.750. The second-order valence-electron chi connectivity index (χ2n) is 3.82. The Balaban J connectivity index is 2.20. The van der Waals surface area contributed by atoms with Crippen LogP contribution in [0, 0.1) is 22.2 Å². The van der Waals surface area contributed by atoms with Crippen molar-refractivity contribution in [2.45, 2.75) is 12.8 Å². The van der Waals surface area contributed by atoms with Crippen molar-refractivity contribution in [3.63, 3.8) is 0 Å². The van der Waals surface area contributed by atoms with Crippen molar-refractivity contribution in [3.8, 4) is 6.07 Å². The van der Waals surface area contributed by atoms with Crippen molar-refractivity contribution in [1.29, 1.82) is 5.26 Å². The highest BCUT2D eigenvalue weighted by Crippen LogP contribution is 2.57. The van der Waals surface area contributed by atoms with E-state index in [1.807, 2.05) is 0 Å². The molecule has 3 rings (SSSR count). The minimum absolute atomic E-state index is 0.270. The highest BCUT2D eigenvalue weighted by atomic mass is 16.5. The van der Waals surface area contributed by atoms with Crippen LogP contribution >= 0.6 is 0 Å². The summed E-state index contributed by atoms with van der Waals surface area (Å²) in [6.45, 7) is 0.671. The first-order valence-corrected chi connectivity index (χ1v) is 3.85. The van der Waals surface area contributed by atoms with Gasteiger partial charge in [0.25, 0.3) is 0 Å². The summed E-state index contributed by atoms with van der Waals surface area (Å²) in [7, 11) is 0. The molecule has 64 valence electrons. The van der Waals surface area contributed by atoms with E-state index < -0.39 is 16.8 Å². The molecule has 2 saturated heterocycles. The molecule has 0 atom stereocenters. The van der Waals surface area contributed by atoms with Crippen LogP contribution in [-0.2, 0) is 9.53 Å². The van der Waals surface area contributed by atoms with Gasteiger partial charge in [0.1, 0.15) is 0 Å². The summed E-state index contributed by atoms with van der Waals surface area (Å²) in [6, 6.07) is 2.14.